The Morgan fingerprint density at radius 2 is 1.80 bits per heavy atom. The van der Waals surface area contributed by atoms with Crippen LogP contribution in [0.4, 0.5) is 5.69 Å². The van der Waals surface area contributed by atoms with E-state index in [2.05, 4.69) is 10.3 Å². The first-order chi connectivity index (χ1) is 19.6. The van der Waals surface area contributed by atoms with Gasteiger partial charge in [-0.15, -0.1) is 0 Å². The number of pyridine rings is 2. The SMILES string of the molecule is COc1ccc2c(c1OC)c(=O)n1c3ccc(OCC(=O)Nc4ccc5c(c4)OCCO5)cc3c3ccnc2c31. The first-order valence-corrected chi connectivity index (χ1v) is 12.6. The summed E-state index contributed by atoms with van der Waals surface area (Å²) in [4.78, 5) is 31.1. The molecule has 10 nitrogen and oxygen atoms in total. The third-order valence-corrected chi connectivity index (χ3v) is 7.06. The topological polar surface area (TPSA) is 110 Å². The number of nitrogens with one attached hydrogen (secondary N) is 1. The second kappa shape index (κ2) is 9.19. The van der Waals surface area contributed by atoms with E-state index in [1.54, 1.807) is 40.9 Å². The van der Waals surface area contributed by atoms with E-state index in [-0.39, 0.29) is 18.1 Å². The van der Waals surface area contributed by atoms with Gasteiger partial charge in [0, 0.05) is 34.1 Å². The Morgan fingerprint density at radius 3 is 2.62 bits per heavy atom. The lowest BCUT2D eigenvalue weighted by molar-refractivity contribution is -0.118. The average molecular weight is 538 g/mol. The van der Waals surface area contributed by atoms with E-state index < -0.39 is 0 Å². The molecule has 1 amide bonds. The number of methoxy groups -OCH3 is 2. The van der Waals surface area contributed by atoms with Crippen molar-refractivity contribution in [3.63, 3.8) is 0 Å². The minimum atomic E-state index is -0.324. The number of rotatable bonds is 6. The van der Waals surface area contributed by atoms with Crippen molar-refractivity contribution in [2.45, 2.75) is 0 Å². The quantitative estimate of drug-likeness (QED) is 0.312. The highest BCUT2D eigenvalue weighted by Gasteiger charge is 2.22. The Balaban J connectivity index is 1.25. The van der Waals surface area contributed by atoms with Crippen LogP contribution >= 0.6 is 0 Å². The molecule has 0 fully saturated rings. The van der Waals surface area contributed by atoms with Crippen LogP contribution in [0, 0.1) is 0 Å². The zero-order valence-corrected chi connectivity index (χ0v) is 21.6. The lowest BCUT2D eigenvalue weighted by Crippen LogP contribution is -2.20. The molecule has 0 unspecified atom stereocenters. The summed E-state index contributed by atoms with van der Waals surface area (Å²) in [6.45, 7) is 0.757. The van der Waals surface area contributed by atoms with Gasteiger partial charge in [0.05, 0.1) is 36.2 Å². The van der Waals surface area contributed by atoms with Gasteiger partial charge in [-0.1, -0.05) is 0 Å². The van der Waals surface area contributed by atoms with E-state index in [1.165, 1.54) is 14.2 Å². The summed E-state index contributed by atoms with van der Waals surface area (Å²) in [5, 5.41) is 5.53. The molecule has 0 spiro atoms. The molecule has 3 aromatic heterocycles. The molecule has 0 bridgehead atoms. The maximum absolute atomic E-state index is 13.9. The van der Waals surface area contributed by atoms with Crippen molar-refractivity contribution in [3.8, 4) is 28.7 Å². The summed E-state index contributed by atoms with van der Waals surface area (Å²) in [6, 6.07) is 16.1. The molecule has 0 radical (unpaired) electrons. The van der Waals surface area contributed by atoms with Gasteiger partial charge in [0.25, 0.3) is 11.5 Å². The number of amides is 1. The summed E-state index contributed by atoms with van der Waals surface area (Å²) >= 11 is 0. The van der Waals surface area contributed by atoms with Gasteiger partial charge < -0.3 is 29.0 Å². The lowest BCUT2D eigenvalue weighted by atomic mass is 10.1. The molecule has 40 heavy (non-hydrogen) atoms. The molecule has 7 rings (SSSR count). The second-order valence-electron chi connectivity index (χ2n) is 9.29. The number of carbonyl (C=O) groups excluding carboxylic acids is 1. The maximum Gasteiger partial charge on any atom is 0.267 e. The van der Waals surface area contributed by atoms with E-state index in [0.29, 0.717) is 75.0 Å². The van der Waals surface area contributed by atoms with Crippen molar-refractivity contribution < 1.29 is 28.5 Å². The van der Waals surface area contributed by atoms with Crippen LogP contribution in [-0.2, 0) is 4.79 Å². The van der Waals surface area contributed by atoms with Gasteiger partial charge in [0.1, 0.15) is 19.0 Å². The van der Waals surface area contributed by atoms with Crippen LogP contribution in [0.25, 0.3) is 38.1 Å². The standard InChI is InChI=1S/C30H23N3O7/c1-36-23-8-5-19-26(29(23)37-2)30(35)33-21-6-4-17(14-20(21)18-9-10-31-27(19)28(18)33)40-15-25(34)32-16-3-7-22-24(13-16)39-12-11-38-22/h3-10,13-14H,11-12,15H2,1-2H3,(H,32,34). The largest absolute Gasteiger partial charge is 0.493 e. The molecule has 1 N–H and O–H groups in total. The highest BCUT2D eigenvalue weighted by atomic mass is 16.6. The number of anilines is 1. The number of fused-ring (bicyclic) bond motifs is 6. The Labute approximate surface area is 226 Å². The van der Waals surface area contributed by atoms with Crippen LogP contribution in [0.5, 0.6) is 28.7 Å². The van der Waals surface area contributed by atoms with Gasteiger partial charge in [-0.25, -0.2) is 0 Å². The number of hydrogen-bond donors (Lipinski definition) is 1. The third-order valence-electron chi connectivity index (χ3n) is 7.06. The van der Waals surface area contributed by atoms with Crippen molar-refractivity contribution in [3.05, 3.63) is 71.1 Å². The highest BCUT2D eigenvalue weighted by molar-refractivity contribution is 6.19. The predicted molar refractivity (Wildman–Crippen MR) is 150 cm³/mol. The molecule has 0 atom stereocenters. The monoisotopic (exact) mass is 537 g/mol. The molecule has 10 heteroatoms. The van der Waals surface area contributed by atoms with E-state index in [1.807, 2.05) is 24.3 Å². The number of ether oxygens (including phenoxy) is 5. The number of nitrogens with zero attached hydrogens (tertiary/aromatic N) is 2. The molecular formula is C30H23N3O7. The fourth-order valence-corrected chi connectivity index (χ4v) is 5.36. The molecule has 4 heterocycles. The summed E-state index contributed by atoms with van der Waals surface area (Å²) in [5.41, 5.74) is 2.41. The van der Waals surface area contributed by atoms with Gasteiger partial charge in [-0.05, 0) is 48.5 Å². The molecule has 0 saturated carbocycles. The molecule has 0 aliphatic carbocycles. The smallest absolute Gasteiger partial charge is 0.267 e. The molecule has 0 saturated heterocycles. The molecule has 1 aliphatic heterocycles. The molecule has 3 aromatic carbocycles. The van der Waals surface area contributed by atoms with Crippen LogP contribution in [0.1, 0.15) is 0 Å². The van der Waals surface area contributed by atoms with Crippen LogP contribution in [0.3, 0.4) is 0 Å². The minimum absolute atomic E-state index is 0.202. The number of hydrogen-bond acceptors (Lipinski definition) is 8. The molecule has 6 aromatic rings. The van der Waals surface area contributed by atoms with E-state index in [9.17, 15) is 9.59 Å². The summed E-state index contributed by atoms with van der Waals surface area (Å²) < 4.78 is 29.6. The first-order valence-electron chi connectivity index (χ1n) is 12.6. The number of aromatic nitrogens is 2. The van der Waals surface area contributed by atoms with E-state index in [4.69, 9.17) is 23.7 Å². The van der Waals surface area contributed by atoms with Crippen molar-refractivity contribution in [1.82, 2.24) is 9.38 Å². The Bertz CT molecular complexity index is 2020. The summed E-state index contributed by atoms with van der Waals surface area (Å²) in [7, 11) is 3.04. The first kappa shape index (κ1) is 23.8. The van der Waals surface area contributed by atoms with Gasteiger partial charge in [0.2, 0.25) is 0 Å². The van der Waals surface area contributed by atoms with Crippen LogP contribution < -0.4 is 34.6 Å². The maximum atomic E-state index is 13.9. The zero-order chi connectivity index (χ0) is 27.4. The third kappa shape index (κ3) is 3.60. The number of benzene rings is 3. The zero-order valence-electron chi connectivity index (χ0n) is 21.6. The Kier molecular flexibility index (Phi) is 5.48. The fraction of sp³-hybridized carbons (Fsp3) is 0.167. The molecule has 200 valence electrons. The Hall–Kier alpha value is -5.25. The second-order valence-corrected chi connectivity index (χ2v) is 9.29. The van der Waals surface area contributed by atoms with Crippen molar-refractivity contribution in [2.24, 2.45) is 0 Å². The van der Waals surface area contributed by atoms with Gasteiger partial charge in [-0.3, -0.25) is 19.0 Å². The fourth-order valence-electron chi connectivity index (χ4n) is 5.36. The van der Waals surface area contributed by atoms with Crippen molar-refractivity contribution >= 4 is 49.7 Å². The van der Waals surface area contributed by atoms with Gasteiger partial charge in [-0.2, -0.15) is 0 Å². The number of carbonyl (C=O) groups is 1. The van der Waals surface area contributed by atoms with Crippen LogP contribution in [0.2, 0.25) is 0 Å². The van der Waals surface area contributed by atoms with E-state index >= 15 is 0 Å². The van der Waals surface area contributed by atoms with Crippen LogP contribution in [-0.4, -0.2) is 49.3 Å². The highest BCUT2D eigenvalue weighted by Crippen LogP contribution is 2.39. The van der Waals surface area contributed by atoms with E-state index in [0.717, 1.165) is 10.8 Å². The minimum Gasteiger partial charge on any atom is -0.493 e. The van der Waals surface area contributed by atoms with Gasteiger partial charge >= 0.3 is 0 Å². The summed E-state index contributed by atoms with van der Waals surface area (Å²) in [6.07, 6.45) is 1.71. The van der Waals surface area contributed by atoms with Gasteiger partial charge in [0.15, 0.2) is 29.6 Å². The molecular weight excluding hydrogens is 514 g/mol. The molecule has 1 aliphatic rings. The van der Waals surface area contributed by atoms with Crippen molar-refractivity contribution in [2.75, 3.05) is 39.4 Å². The average Bonchev–Trinajstić information content (AvgIpc) is 3.32. The predicted octanol–water partition coefficient (Wildman–Crippen LogP) is 4.40. The van der Waals surface area contributed by atoms with Crippen molar-refractivity contribution in [1.29, 1.82) is 0 Å². The summed E-state index contributed by atoms with van der Waals surface area (Å²) in [5.74, 6) is 2.23. The lowest BCUT2D eigenvalue weighted by Gasteiger charge is -2.19. The normalized spacial score (nSPS) is 12.8. The van der Waals surface area contributed by atoms with Crippen LogP contribution in [0.15, 0.2) is 65.6 Å². The Morgan fingerprint density at radius 1 is 0.950 bits per heavy atom.